The molecule has 1 aromatic rings. The van der Waals surface area contributed by atoms with Crippen molar-refractivity contribution in [2.24, 2.45) is 0 Å². The maximum atomic E-state index is 8.93. The fraction of sp³-hybridized carbons (Fsp3) is 0.556. The summed E-state index contributed by atoms with van der Waals surface area (Å²) in [5.41, 5.74) is 6.22. The van der Waals surface area contributed by atoms with E-state index in [1.165, 1.54) is 6.20 Å². The number of nitrogen functional groups attached to an aromatic ring is 1. The Morgan fingerprint density at radius 3 is 2.87 bits per heavy atom. The van der Waals surface area contributed by atoms with E-state index in [9.17, 15) is 0 Å². The number of rotatable bonds is 5. The topological polar surface area (TPSA) is 75.3 Å². The lowest BCUT2D eigenvalue weighted by Gasteiger charge is -2.23. The van der Waals surface area contributed by atoms with E-state index in [2.05, 4.69) is 9.97 Å². The van der Waals surface area contributed by atoms with Crippen molar-refractivity contribution in [3.05, 3.63) is 11.5 Å². The van der Waals surface area contributed by atoms with Gasteiger partial charge in [0.25, 0.3) is 0 Å². The number of halogens is 1. The molecule has 3 N–H and O–H groups in total. The molecule has 15 heavy (non-hydrogen) atoms. The second-order valence-corrected chi connectivity index (χ2v) is 3.47. The van der Waals surface area contributed by atoms with Crippen LogP contribution in [0.15, 0.2) is 6.20 Å². The van der Waals surface area contributed by atoms with Crippen molar-refractivity contribution in [3.8, 4) is 0 Å². The third-order valence-electron chi connectivity index (χ3n) is 1.93. The van der Waals surface area contributed by atoms with E-state index in [4.69, 9.17) is 22.4 Å². The quantitative estimate of drug-likeness (QED) is 0.736. The van der Waals surface area contributed by atoms with Crippen molar-refractivity contribution in [2.75, 3.05) is 30.3 Å². The van der Waals surface area contributed by atoms with E-state index >= 15 is 0 Å². The van der Waals surface area contributed by atoms with Crippen LogP contribution in [-0.4, -0.2) is 34.8 Å². The van der Waals surface area contributed by atoms with Gasteiger partial charge in [0.1, 0.15) is 0 Å². The molecule has 0 radical (unpaired) electrons. The van der Waals surface area contributed by atoms with Crippen LogP contribution in [0.1, 0.15) is 13.3 Å². The maximum Gasteiger partial charge on any atom is 0.224 e. The van der Waals surface area contributed by atoms with Crippen molar-refractivity contribution in [3.63, 3.8) is 0 Å². The highest BCUT2D eigenvalue weighted by molar-refractivity contribution is 6.28. The summed E-state index contributed by atoms with van der Waals surface area (Å²) in [6.45, 7) is 3.37. The van der Waals surface area contributed by atoms with Gasteiger partial charge >= 0.3 is 0 Å². The van der Waals surface area contributed by atoms with Crippen LogP contribution in [-0.2, 0) is 0 Å². The molecule has 5 nitrogen and oxygen atoms in total. The Hall–Kier alpha value is -1.07. The lowest BCUT2D eigenvalue weighted by Crippen LogP contribution is -2.29. The molecule has 0 aromatic carbocycles. The molecule has 0 bridgehead atoms. The van der Waals surface area contributed by atoms with Gasteiger partial charge in [0.2, 0.25) is 5.28 Å². The fourth-order valence-corrected chi connectivity index (χ4v) is 1.46. The minimum atomic E-state index is 0.0566. The first kappa shape index (κ1) is 12.0. The first-order valence-corrected chi connectivity index (χ1v) is 5.20. The SMILES string of the molecule is CCCN(CCO)c1nc(Cl)ncc1N. The molecular weight excluding hydrogens is 216 g/mol. The number of aliphatic hydroxyl groups excluding tert-OH is 1. The fourth-order valence-electron chi connectivity index (χ4n) is 1.33. The average Bonchev–Trinajstić information content (AvgIpc) is 2.21. The Labute approximate surface area is 93.9 Å². The van der Waals surface area contributed by atoms with Gasteiger partial charge in [-0.2, -0.15) is 4.98 Å². The molecule has 0 aliphatic heterocycles. The Kier molecular flexibility index (Phi) is 4.58. The van der Waals surface area contributed by atoms with E-state index in [0.29, 0.717) is 18.1 Å². The molecule has 1 rings (SSSR count). The summed E-state index contributed by atoms with van der Waals surface area (Å²) in [4.78, 5) is 9.73. The summed E-state index contributed by atoms with van der Waals surface area (Å²) in [6, 6.07) is 0. The zero-order chi connectivity index (χ0) is 11.3. The molecule has 1 aromatic heterocycles. The number of hydrogen-bond acceptors (Lipinski definition) is 5. The van der Waals surface area contributed by atoms with Gasteiger partial charge in [0.15, 0.2) is 5.82 Å². The van der Waals surface area contributed by atoms with E-state index in [-0.39, 0.29) is 11.9 Å². The van der Waals surface area contributed by atoms with E-state index in [1.54, 1.807) is 0 Å². The Balaban J connectivity index is 2.93. The van der Waals surface area contributed by atoms with Crippen LogP contribution in [0, 0.1) is 0 Å². The smallest absolute Gasteiger partial charge is 0.224 e. The highest BCUT2D eigenvalue weighted by atomic mass is 35.5. The van der Waals surface area contributed by atoms with Crippen LogP contribution >= 0.6 is 11.6 Å². The molecule has 6 heteroatoms. The lowest BCUT2D eigenvalue weighted by molar-refractivity contribution is 0.301. The molecule has 0 atom stereocenters. The molecule has 0 saturated carbocycles. The van der Waals surface area contributed by atoms with E-state index in [1.807, 2.05) is 11.8 Å². The molecular formula is C9H15ClN4O. The largest absolute Gasteiger partial charge is 0.395 e. The maximum absolute atomic E-state index is 8.93. The summed E-state index contributed by atoms with van der Waals surface area (Å²) in [5, 5.41) is 9.09. The second-order valence-electron chi connectivity index (χ2n) is 3.13. The standard InChI is InChI=1S/C9H15ClN4O/c1-2-3-14(4-5-15)8-7(11)6-12-9(10)13-8/h6,15H,2-5,11H2,1H3. The third kappa shape index (κ3) is 3.21. The van der Waals surface area contributed by atoms with Crippen LogP contribution in [0.2, 0.25) is 5.28 Å². The van der Waals surface area contributed by atoms with Gasteiger partial charge in [-0.1, -0.05) is 6.92 Å². The highest BCUT2D eigenvalue weighted by Gasteiger charge is 2.11. The highest BCUT2D eigenvalue weighted by Crippen LogP contribution is 2.20. The minimum absolute atomic E-state index is 0.0566. The zero-order valence-corrected chi connectivity index (χ0v) is 9.41. The average molecular weight is 231 g/mol. The number of nitrogens with two attached hydrogens (primary N) is 1. The summed E-state index contributed by atoms with van der Waals surface area (Å²) in [7, 11) is 0. The lowest BCUT2D eigenvalue weighted by atomic mass is 10.3. The van der Waals surface area contributed by atoms with Crippen molar-refractivity contribution >= 4 is 23.1 Å². The summed E-state index contributed by atoms with van der Waals surface area (Å²) >= 11 is 5.69. The van der Waals surface area contributed by atoms with Gasteiger partial charge in [-0.05, 0) is 18.0 Å². The first-order chi connectivity index (χ1) is 7.19. The monoisotopic (exact) mass is 230 g/mol. The van der Waals surface area contributed by atoms with Gasteiger partial charge in [-0.25, -0.2) is 4.98 Å². The molecule has 0 saturated heterocycles. The predicted molar refractivity (Wildman–Crippen MR) is 61.0 cm³/mol. The molecule has 0 unspecified atom stereocenters. The molecule has 1 heterocycles. The van der Waals surface area contributed by atoms with Crippen LogP contribution in [0.5, 0.6) is 0 Å². The Morgan fingerprint density at radius 2 is 2.27 bits per heavy atom. The van der Waals surface area contributed by atoms with Gasteiger partial charge in [-0.15, -0.1) is 0 Å². The zero-order valence-electron chi connectivity index (χ0n) is 8.65. The minimum Gasteiger partial charge on any atom is -0.395 e. The molecule has 0 fully saturated rings. The second kappa shape index (κ2) is 5.72. The number of nitrogens with zero attached hydrogens (tertiary/aromatic N) is 3. The summed E-state index contributed by atoms with van der Waals surface area (Å²) < 4.78 is 0. The van der Waals surface area contributed by atoms with Crippen molar-refractivity contribution in [2.45, 2.75) is 13.3 Å². The van der Waals surface area contributed by atoms with Crippen LogP contribution in [0.3, 0.4) is 0 Å². The molecule has 0 spiro atoms. The third-order valence-corrected chi connectivity index (χ3v) is 2.11. The van der Waals surface area contributed by atoms with Gasteiger partial charge < -0.3 is 15.7 Å². The van der Waals surface area contributed by atoms with Crippen molar-refractivity contribution in [1.82, 2.24) is 9.97 Å². The number of aromatic nitrogens is 2. The molecule has 0 amide bonds. The number of anilines is 2. The molecule has 0 aliphatic carbocycles. The van der Waals surface area contributed by atoms with Crippen molar-refractivity contribution in [1.29, 1.82) is 0 Å². The first-order valence-electron chi connectivity index (χ1n) is 4.82. The predicted octanol–water partition coefficient (Wildman–Crippen LogP) is 0.921. The Morgan fingerprint density at radius 1 is 1.53 bits per heavy atom. The van der Waals surface area contributed by atoms with E-state index in [0.717, 1.165) is 13.0 Å². The summed E-state index contributed by atoms with van der Waals surface area (Å²) in [6.07, 6.45) is 2.42. The van der Waals surface area contributed by atoms with Crippen LogP contribution in [0.25, 0.3) is 0 Å². The van der Waals surface area contributed by atoms with Gasteiger partial charge in [0, 0.05) is 13.1 Å². The number of hydrogen-bond donors (Lipinski definition) is 2. The van der Waals surface area contributed by atoms with Crippen LogP contribution < -0.4 is 10.6 Å². The normalized spacial score (nSPS) is 10.3. The molecule has 0 aliphatic rings. The van der Waals surface area contributed by atoms with Crippen molar-refractivity contribution < 1.29 is 5.11 Å². The van der Waals surface area contributed by atoms with Gasteiger partial charge in [-0.3, -0.25) is 0 Å². The molecule has 84 valence electrons. The Bertz CT molecular complexity index is 315. The summed E-state index contributed by atoms with van der Waals surface area (Å²) in [5.74, 6) is 0.589. The number of aliphatic hydroxyl groups is 1. The van der Waals surface area contributed by atoms with Crippen LogP contribution in [0.4, 0.5) is 11.5 Å². The van der Waals surface area contributed by atoms with Gasteiger partial charge in [0.05, 0.1) is 18.5 Å². The van der Waals surface area contributed by atoms with E-state index < -0.39 is 0 Å².